The van der Waals surface area contributed by atoms with Crippen molar-refractivity contribution in [3.8, 4) is 0 Å². The fourth-order valence-corrected chi connectivity index (χ4v) is 3.14. The number of hydrogen-bond acceptors (Lipinski definition) is 1. The van der Waals surface area contributed by atoms with E-state index in [9.17, 15) is 9.18 Å². The van der Waals surface area contributed by atoms with Crippen LogP contribution in [-0.2, 0) is 0 Å². The summed E-state index contributed by atoms with van der Waals surface area (Å²) in [6, 6.07) is 15.9. The van der Waals surface area contributed by atoms with Crippen molar-refractivity contribution in [1.29, 1.82) is 0 Å². The maximum Gasteiger partial charge on any atom is 0.166 e. The Kier molecular flexibility index (Phi) is 3.70. The molecule has 21 heavy (non-hydrogen) atoms. The average Bonchev–Trinajstić information content (AvgIpc) is 2.90. The molecule has 0 bridgehead atoms. The number of halogens is 1. The zero-order chi connectivity index (χ0) is 14.8. The number of hydrogen-bond donors (Lipinski definition) is 0. The first-order valence-corrected chi connectivity index (χ1v) is 7.16. The predicted octanol–water partition coefficient (Wildman–Crippen LogP) is 4.76. The Balaban J connectivity index is 1.90. The molecule has 1 nitrogen and oxygen atoms in total. The number of rotatable bonds is 3. The lowest BCUT2D eigenvalue weighted by atomic mass is 9.84. The van der Waals surface area contributed by atoms with Gasteiger partial charge < -0.3 is 0 Å². The van der Waals surface area contributed by atoms with Gasteiger partial charge in [0.1, 0.15) is 5.82 Å². The van der Waals surface area contributed by atoms with Crippen molar-refractivity contribution < 1.29 is 9.18 Å². The van der Waals surface area contributed by atoms with Crippen LogP contribution < -0.4 is 0 Å². The summed E-state index contributed by atoms with van der Waals surface area (Å²) in [4.78, 5) is 12.7. The number of carbonyl (C=O) groups excluding carboxylic acids is 1. The van der Waals surface area contributed by atoms with E-state index in [0.717, 1.165) is 18.4 Å². The van der Waals surface area contributed by atoms with Crippen molar-refractivity contribution in [3.05, 3.63) is 83.7 Å². The van der Waals surface area contributed by atoms with Gasteiger partial charge in [-0.2, -0.15) is 0 Å². The first kappa shape index (κ1) is 13.7. The van der Waals surface area contributed by atoms with Crippen molar-refractivity contribution in [2.75, 3.05) is 0 Å². The molecule has 2 aromatic rings. The van der Waals surface area contributed by atoms with Crippen molar-refractivity contribution >= 4 is 5.78 Å². The molecule has 0 aromatic heterocycles. The molecule has 0 aliphatic heterocycles. The maximum absolute atomic E-state index is 13.0. The molecule has 0 heterocycles. The molecule has 3 rings (SSSR count). The van der Waals surface area contributed by atoms with Crippen LogP contribution in [0.25, 0.3) is 0 Å². The van der Waals surface area contributed by atoms with Crippen LogP contribution in [0.15, 0.2) is 66.7 Å². The van der Waals surface area contributed by atoms with Gasteiger partial charge in [0.2, 0.25) is 0 Å². The molecular formula is C19H17FO. The summed E-state index contributed by atoms with van der Waals surface area (Å²) in [6.45, 7) is 4.06. The Hall–Kier alpha value is -2.22. The zero-order valence-corrected chi connectivity index (χ0v) is 11.8. The average molecular weight is 280 g/mol. The molecule has 0 spiro atoms. The van der Waals surface area contributed by atoms with Crippen molar-refractivity contribution in [1.82, 2.24) is 0 Å². The van der Waals surface area contributed by atoms with E-state index in [1.165, 1.54) is 17.7 Å². The monoisotopic (exact) mass is 280 g/mol. The lowest BCUT2D eigenvalue weighted by Gasteiger charge is -2.18. The van der Waals surface area contributed by atoms with Crippen LogP contribution in [0.4, 0.5) is 4.39 Å². The Bertz CT molecular complexity index is 658. The molecule has 1 saturated carbocycles. The van der Waals surface area contributed by atoms with E-state index < -0.39 is 0 Å². The lowest BCUT2D eigenvalue weighted by molar-refractivity contribution is 0.0913. The number of allylic oxidation sites excluding steroid dienone is 1. The summed E-state index contributed by atoms with van der Waals surface area (Å²) >= 11 is 0. The zero-order valence-electron chi connectivity index (χ0n) is 11.8. The molecule has 0 saturated heterocycles. The third kappa shape index (κ3) is 2.80. The minimum atomic E-state index is -0.318. The molecule has 0 N–H and O–H groups in total. The molecule has 0 radical (unpaired) electrons. The van der Waals surface area contributed by atoms with Crippen LogP contribution >= 0.6 is 0 Å². The maximum atomic E-state index is 13.0. The molecule has 2 aromatic carbocycles. The third-order valence-electron chi connectivity index (χ3n) is 4.20. The second kappa shape index (κ2) is 5.65. The molecule has 106 valence electrons. The molecule has 0 unspecified atom stereocenters. The summed E-state index contributed by atoms with van der Waals surface area (Å²) < 4.78 is 13.0. The highest BCUT2D eigenvalue weighted by molar-refractivity contribution is 5.99. The van der Waals surface area contributed by atoms with Gasteiger partial charge in [-0.15, -0.1) is 0 Å². The highest BCUT2D eigenvalue weighted by atomic mass is 19.1. The van der Waals surface area contributed by atoms with Gasteiger partial charge in [0.05, 0.1) is 0 Å². The summed E-state index contributed by atoms with van der Waals surface area (Å²) in [5, 5.41) is 0. The van der Waals surface area contributed by atoms with Crippen LogP contribution in [-0.4, -0.2) is 5.78 Å². The largest absolute Gasteiger partial charge is 0.294 e. The van der Waals surface area contributed by atoms with E-state index in [4.69, 9.17) is 0 Å². The SMILES string of the molecule is C=C1C[C@H](C(=O)c2ccc(F)cc2)[C@@H](c2ccccc2)C1. The van der Waals surface area contributed by atoms with Crippen molar-refractivity contribution in [2.45, 2.75) is 18.8 Å². The molecule has 1 aliphatic rings. The van der Waals surface area contributed by atoms with Crippen LogP contribution in [0.1, 0.15) is 34.7 Å². The quantitative estimate of drug-likeness (QED) is 0.585. The van der Waals surface area contributed by atoms with E-state index in [2.05, 4.69) is 18.7 Å². The minimum Gasteiger partial charge on any atom is -0.294 e. The second-order valence-corrected chi connectivity index (χ2v) is 5.65. The van der Waals surface area contributed by atoms with E-state index in [0.29, 0.717) is 5.56 Å². The topological polar surface area (TPSA) is 17.1 Å². The number of benzene rings is 2. The smallest absolute Gasteiger partial charge is 0.166 e. The van der Waals surface area contributed by atoms with Gasteiger partial charge >= 0.3 is 0 Å². The predicted molar refractivity (Wildman–Crippen MR) is 81.8 cm³/mol. The number of ketones is 1. The third-order valence-corrected chi connectivity index (χ3v) is 4.20. The standard InChI is InChI=1S/C19H17FO/c1-13-11-17(14-5-3-2-4-6-14)18(12-13)19(21)15-7-9-16(20)10-8-15/h2-10,17-18H,1,11-12H2/t17-,18+/m1/s1. The van der Waals surface area contributed by atoms with Crippen LogP contribution in [0, 0.1) is 11.7 Å². The van der Waals surface area contributed by atoms with Crippen molar-refractivity contribution in [3.63, 3.8) is 0 Å². The highest BCUT2D eigenvalue weighted by Gasteiger charge is 2.36. The number of Topliss-reactive ketones (excluding diaryl/α,β-unsaturated/α-hetero) is 1. The normalized spacial score (nSPS) is 21.5. The lowest BCUT2D eigenvalue weighted by Crippen LogP contribution is -2.18. The van der Waals surface area contributed by atoms with Gasteiger partial charge in [-0.25, -0.2) is 4.39 Å². The molecule has 2 atom stereocenters. The Morgan fingerprint density at radius 1 is 1.00 bits per heavy atom. The van der Waals surface area contributed by atoms with Crippen LogP contribution in [0.3, 0.4) is 0 Å². The molecule has 0 amide bonds. The first-order valence-electron chi connectivity index (χ1n) is 7.16. The molecule has 1 aliphatic carbocycles. The van der Waals surface area contributed by atoms with Crippen LogP contribution in [0.2, 0.25) is 0 Å². The van der Waals surface area contributed by atoms with Gasteiger partial charge in [0.25, 0.3) is 0 Å². The fourth-order valence-electron chi connectivity index (χ4n) is 3.14. The molecule has 2 heteroatoms. The molecular weight excluding hydrogens is 263 g/mol. The van der Waals surface area contributed by atoms with E-state index in [1.54, 1.807) is 12.1 Å². The minimum absolute atomic E-state index is 0.0857. The summed E-state index contributed by atoms with van der Waals surface area (Å²) in [6.07, 6.45) is 1.57. The Morgan fingerprint density at radius 2 is 1.67 bits per heavy atom. The fraction of sp³-hybridized carbons (Fsp3) is 0.211. The Morgan fingerprint density at radius 3 is 2.33 bits per heavy atom. The van der Waals surface area contributed by atoms with Gasteiger partial charge in [0.15, 0.2) is 5.78 Å². The summed E-state index contributed by atoms with van der Waals surface area (Å²) in [7, 11) is 0. The van der Waals surface area contributed by atoms with Gasteiger partial charge in [0, 0.05) is 11.5 Å². The van der Waals surface area contributed by atoms with Gasteiger partial charge in [-0.1, -0.05) is 42.5 Å². The summed E-state index contributed by atoms with van der Waals surface area (Å²) in [5.74, 6) is -0.147. The Labute approximate surface area is 124 Å². The van der Waals surface area contributed by atoms with E-state index in [-0.39, 0.29) is 23.4 Å². The van der Waals surface area contributed by atoms with E-state index >= 15 is 0 Å². The first-order chi connectivity index (χ1) is 10.1. The van der Waals surface area contributed by atoms with Crippen LogP contribution in [0.5, 0.6) is 0 Å². The van der Waals surface area contributed by atoms with Crippen molar-refractivity contribution in [2.24, 2.45) is 5.92 Å². The van der Waals surface area contributed by atoms with Gasteiger partial charge in [-0.05, 0) is 48.6 Å². The number of carbonyl (C=O) groups is 1. The second-order valence-electron chi connectivity index (χ2n) is 5.65. The van der Waals surface area contributed by atoms with E-state index in [1.807, 2.05) is 18.2 Å². The summed E-state index contributed by atoms with van der Waals surface area (Å²) in [5.41, 5.74) is 2.87. The van der Waals surface area contributed by atoms with Gasteiger partial charge in [-0.3, -0.25) is 4.79 Å². The molecule has 1 fully saturated rings. The highest BCUT2D eigenvalue weighted by Crippen LogP contribution is 2.43.